The second kappa shape index (κ2) is 7.21. The monoisotopic (exact) mass is 410 g/mol. The maximum Gasteiger partial charge on any atom is 0.296 e. The number of fused-ring (bicyclic) bond motifs is 1. The Morgan fingerprint density at radius 2 is 1.93 bits per heavy atom. The van der Waals surface area contributed by atoms with Gasteiger partial charge in [-0.2, -0.15) is 0 Å². The molecule has 148 valence electrons. The molecule has 4 rings (SSSR count). The van der Waals surface area contributed by atoms with E-state index < -0.39 is 23.5 Å². The molecule has 2 heterocycles. The SMILES string of the molecule is COc1ccc(OC)c([C@@H]2C(C(C)=O)=C(O)C(=O)N2c2nc3ccccc3s2)c1. The van der Waals surface area contributed by atoms with E-state index in [0.717, 1.165) is 10.2 Å². The molecule has 1 N–H and O–H groups in total. The number of ketones is 1. The summed E-state index contributed by atoms with van der Waals surface area (Å²) in [6.07, 6.45) is 0. The van der Waals surface area contributed by atoms with Gasteiger partial charge >= 0.3 is 0 Å². The van der Waals surface area contributed by atoms with E-state index in [0.29, 0.717) is 22.2 Å². The third kappa shape index (κ3) is 3.01. The van der Waals surface area contributed by atoms with Crippen molar-refractivity contribution in [2.45, 2.75) is 13.0 Å². The minimum atomic E-state index is -0.884. The molecule has 0 unspecified atom stereocenters. The van der Waals surface area contributed by atoms with E-state index in [2.05, 4.69) is 4.98 Å². The van der Waals surface area contributed by atoms with Crippen LogP contribution >= 0.6 is 11.3 Å². The van der Waals surface area contributed by atoms with Crippen molar-refractivity contribution >= 4 is 38.4 Å². The number of benzene rings is 2. The standard InChI is InChI=1S/C21H18N2O5S/c1-11(24)17-18(13-10-12(27-2)8-9-15(13)28-3)23(20(26)19(17)25)21-22-14-6-4-5-7-16(14)29-21/h4-10,18,25H,1-3H3/t18-/m1/s1. The first-order chi connectivity index (χ1) is 14.0. The predicted molar refractivity (Wildman–Crippen MR) is 110 cm³/mol. The summed E-state index contributed by atoms with van der Waals surface area (Å²) >= 11 is 1.31. The number of carbonyl (C=O) groups is 2. The lowest BCUT2D eigenvalue weighted by atomic mass is 9.96. The molecule has 2 aromatic carbocycles. The van der Waals surface area contributed by atoms with Crippen LogP contribution in [0.1, 0.15) is 18.5 Å². The molecule has 1 aromatic heterocycles. The van der Waals surface area contributed by atoms with Crippen molar-refractivity contribution in [1.82, 2.24) is 4.98 Å². The van der Waals surface area contributed by atoms with Crippen molar-refractivity contribution in [3.05, 3.63) is 59.4 Å². The normalized spacial score (nSPS) is 16.6. The molecule has 1 atom stereocenters. The number of anilines is 1. The van der Waals surface area contributed by atoms with Gasteiger partial charge in [-0.05, 0) is 37.3 Å². The number of thiazole rings is 1. The number of aliphatic hydroxyl groups excluding tert-OH is 1. The van der Waals surface area contributed by atoms with Gasteiger partial charge in [-0.15, -0.1) is 0 Å². The third-order valence-corrected chi connectivity index (χ3v) is 5.84. The largest absolute Gasteiger partial charge is 0.503 e. The fourth-order valence-electron chi connectivity index (χ4n) is 3.47. The Balaban J connectivity index is 1.95. The van der Waals surface area contributed by atoms with Crippen molar-refractivity contribution in [2.24, 2.45) is 0 Å². The Kier molecular flexibility index (Phi) is 4.71. The quantitative estimate of drug-likeness (QED) is 0.688. The van der Waals surface area contributed by atoms with Crippen molar-refractivity contribution < 1.29 is 24.2 Å². The summed E-state index contributed by atoms with van der Waals surface area (Å²) in [5, 5.41) is 10.9. The summed E-state index contributed by atoms with van der Waals surface area (Å²) in [6, 6.07) is 11.7. The van der Waals surface area contributed by atoms with Gasteiger partial charge in [-0.3, -0.25) is 14.5 Å². The Morgan fingerprint density at radius 3 is 2.59 bits per heavy atom. The lowest BCUT2D eigenvalue weighted by Gasteiger charge is -2.25. The zero-order chi connectivity index (χ0) is 20.7. The number of aliphatic hydroxyl groups is 1. The first kappa shape index (κ1) is 18.9. The van der Waals surface area contributed by atoms with Gasteiger partial charge < -0.3 is 14.6 Å². The van der Waals surface area contributed by atoms with Gasteiger partial charge in [0, 0.05) is 5.56 Å². The summed E-state index contributed by atoms with van der Waals surface area (Å²) in [4.78, 5) is 31.3. The summed E-state index contributed by atoms with van der Waals surface area (Å²) in [5.74, 6) is -0.667. The number of carbonyl (C=O) groups excluding carboxylic acids is 2. The maximum absolute atomic E-state index is 13.0. The van der Waals surface area contributed by atoms with Gasteiger partial charge in [0.25, 0.3) is 5.91 Å². The van der Waals surface area contributed by atoms with Gasteiger partial charge in [-0.25, -0.2) is 4.98 Å². The van der Waals surface area contributed by atoms with Crippen LogP contribution in [0.4, 0.5) is 5.13 Å². The van der Waals surface area contributed by atoms with E-state index in [4.69, 9.17) is 9.47 Å². The molecule has 1 aliphatic rings. The molecular weight excluding hydrogens is 392 g/mol. The van der Waals surface area contributed by atoms with Gasteiger partial charge in [0.1, 0.15) is 17.5 Å². The molecule has 0 saturated heterocycles. The Hall–Kier alpha value is -3.39. The van der Waals surface area contributed by atoms with Crippen molar-refractivity contribution in [3.63, 3.8) is 0 Å². The molecule has 0 aliphatic carbocycles. The number of para-hydroxylation sites is 1. The van der Waals surface area contributed by atoms with Crippen LogP contribution in [-0.2, 0) is 9.59 Å². The van der Waals surface area contributed by atoms with Crippen LogP contribution in [0.15, 0.2) is 53.8 Å². The van der Waals surface area contributed by atoms with Gasteiger partial charge in [-0.1, -0.05) is 23.5 Å². The molecule has 0 spiro atoms. The molecule has 0 radical (unpaired) electrons. The number of hydrogen-bond acceptors (Lipinski definition) is 7. The van der Waals surface area contributed by atoms with Crippen molar-refractivity contribution in [1.29, 1.82) is 0 Å². The number of Topliss-reactive ketones (excluding diaryl/α,β-unsaturated/α-hetero) is 1. The minimum Gasteiger partial charge on any atom is -0.503 e. The second-order valence-electron chi connectivity index (χ2n) is 6.47. The fraction of sp³-hybridized carbons (Fsp3) is 0.190. The van der Waals surface area contributed by atoms with Gasteiger partial charge in [0.2, 0.25) is 0 Å². The second-order valence-corrected chi connectivity index (χ2v) is 7.48. The van der Waals surface area contributed by atoms with E-state index in [1.54, 1.807) is 18.2 Å². The molecular formula is C21H18N2O5S. The van der Waals surface area contributed by atoms with Crippen molar-refractivity contribution in [2.75, 3.05) is 19.1 Å². The smallest absolute Gasteiger partial charge is 0.296 e. The van der Waals surface area contributed by atoms with Gasteiger partial charge in [0.15, 0.2) is 16.7 Å². The van der Waals surface area contributed by atoms with E-state index in [1.165, 1.54) is 37.4 Å². The average Bonchev–Trinajstić information content (AvgIpc) is 3.26. The highest BCUT2D eigenvalue weighted by molar-refractivity contribution is 7.22. The van der Waals surface area contributed by atoms with Crippen LogP contribution < -0.4 is 14.4 Å². The zero-order valence-electron chi connectivity index (χ0n) is 16.0. The highest BCUT2D eigenvalue weighted by atomic mass is 32.1. The fourth-order valence-corrected chi connectivity index (χ4v) is 4.46. The molecule has 7 nitrogen and oxygen atoms in total. The van der Waals surface area contributed by atoms with E-state index in [1.807, 2.05) is 24.3 Å². The summed E-state index contributed by atoms with van der Waals surface area (Å²) < 4.78 is 11.7. The Bertz CT molecular complexity index is 1130. The van der Waals surface area contributed by atoms with Crippen LogP contribution in [0.3, 0.4) is 0 Å². The molecule has 8 heteroatoms. The molecule has 3 aromatic rings. The molecule has 1 amide bonds. The first-order valence-corrected chi connectivity index (χ1v) is 9.63. The van der Waals surface area contributed by atoms with Crippen LogP contribution in [0.2, 0.25) is 0 Å². The third-order valence-electron chi connectivity index (χ3n) is 4.81. The van der Waals surface area contributed by atoms with Crippen LogP contribution in [0, 0.1) is 0 Å². The van der Waals surface area contributed by atoms with Crippen molar-refractivity contribution in [3.8, 4) is 11.5 Å². The zero-order valence-corrected chi connectivity index (χ0v) is 16.8. The number of aromatic nitrogens is 1. The van der Waals surface area contributed by atoms with E-state index in [9.17, 15) is 14.7 Å². The minimum absolute atomic E-state index is 0.000749. The Morgan fingerprint density at radius 1 is 1.17 bits per heavy atom. The lowest BCUT2D eigenvalue weighted by molar-refractivity contribution is -0.117. The summed E-state index contributed by atoms with van der Waals surface area (Å²) in [6.45, 7) is 1.32. The molecule has 0 bridgehead atoms. The van der Waals surface area contributed by atoms with Crippen LogP contribution in [0.25, 0.3) is 10.2 Å². The van der Waals surface area contributed by atoms with Crippen LogP contribution in [0.5, 0.6) is 11.5 Å². The van der Waals surface area contributed by atoms with E-state index in [-0.39, 0.29) is 5.57 Å². The molecule has 1 aliphatic heterocycles. The number of rotatable bonds is 5. The number of ether oxygens (including phenoxy) is 2. The number of hydrogen-bond donors (Lipinski definition) is 1. The Labute approximate surface area is 170 Å². The molecule has 0 fully saturated rings. The van der Waals surface area contributed by atoms with Gasteiger partial charge in [0.05, 0.1) is 30.0 Å². The molecule has 29 heavy (non-hydrogen) atoms. The van der Waals surface area contributed by atoms with Crippen LogP contribution in [-0.4, -0.2) is 36.0 Å². The lowest BCUT2D eigenvalue weighted by Crippen LogP contribution is -2.31. The summed E-state index contributed by atoms with van der Waals surface area (Å²) in [5.41, 5.74) is 1.25. The van der Waals surface area contributed by atoms with E-state index >= 15 is 0 Å². The predicted octanol–water partition coefficient (Wildman–Crippen LogP) is 3.80. The summed E-state index contributed by atoms with van der Waals surface area (Å²) in [7, 11) is 3.02. The topological polar surface area (TPSA) is 89.0 Å². The average molecular weight is 410 g/mol. The number of nitrogens with zero attached hydrogens (tertiary/aromatic N) is 2. The highest BCUT2D eigenvalue weighted by Crippen LogP contribution is 2.46. The highest BCUT2D eigenvalue weighted by Gasteiger charge is 2.45. The number of amides is 1. The molecule has 0 saturated carbocycles. The number of methoxy groups -OCH3 is 2. The first-order valence-electron chi connectivity index (χ1n) is 8.81. The maximum atomic E-state index is 13.0.